The Labute approximate surface area is 95.9 Å². The van der Waals surface area contributed by atoms with Gasteiger partial charge in [-0.25, -0.2) is 0 Å². The first kappa shape index (κ1) is 12.4. The average molecular weight is 219 g/mol. The van der Waals surface area contributed by atoms with Crippen molar-refractivity contribution < 1.29 is 9.59 Å². The molecule has 1 rings (SSSR count). The standard InChI is InChI=1S/C13H17NO2/c1-10-6-4-5-7-11(10)13(2,3)9-14-12(16)8-15/h4-8H,9H2,1-3H3,(H,14,16). The molecule has 0 aliphatic heterocycles. The molecule has 0 aliphatic carbocycles. The number of amides is 1. The second-order valence-electron chi connectivity index (χ2n) is 4.53. The Hall–Kier alpha value is -1.64. The molecule has 16 heavy (non-hydrogen) atoms. The summed E-state index contributed by atoms with van der Waals surface area (Å²) >= 11 is 0. The lowest BCUT2D eigenvalue weighted by molar-refractivity contribution is -0.131. The number of hydrogen-bond acceptors (Lipinski definition) is 2. The van der Waals surface area contributed by atoms with Crippen LogP contribution >= 0.6 is 0 Å². The van der Waals surface area contributed by atoms with Crippen LogP contribution in [0.2, 0.25) is 0 Å². The van der Waals surface area contributed by atoms with Gasteiger partial charge in [0.15, 0.2) is 0 Å². The van der Waals surface area contributed by atoms with E-state index in [1.165, 1.54) is 11.1 Å². The molecule has 0 unspecified atom stereocenters. The summed E-state index contributed by atoms with van der Waals surface area (Å²) in [6.45, 7) is 6.58. The van der Waals surface area contributed by atoms with Gasteiger partial charge in [0.25, 0.3) is 5.91 Å². The molecular formula is C13H17NO2. The molecule has 0 radical (unpaired) electrons. The van der Waals surface area contributed by atoms with E-state index < -0.39 is 5.91 Å². The van der Waals surface area contributed by atoms with Gasteiger partial charge in [-0.2, -0.15) is 0 Å². The number of aryl methyl sites for hydroxylation is 1. The first-order valence-electron chi connectivity index (χ1n) is 5.26. The van der Waals surface area contributed by atoms with E-state index in [1.54, 1.807) is 0 Å². The highest BCUT2D eigenvalue weighted by atomic mass is 16.2. The van der Waals surface area contributed by atoms with Crippen molar-refractivity contribution >= 4 is 12.2 Å². The SMILES string of the molecule is Cc1ccccc1C(C)(C)CNC(=O)C=O. The van der Waals surface area contributed by atoms with E-state index in [9.17, 15) is 9.59 Å². The molecule has 1 aromatic carbocycles. The van der Waals surface area contributed by atoms with Crippen molar-refractivity contribution in [1.82, 2.24) is 5.32 Å². The van der Waals surface area contributed by atoms with Crippen LogP contribution in [0.3, 0.4) is 0 Å². The van der Waals surface area contributed by atoms with Crippen molar-refractivity contribution in [3.63, 3.8) is 0 Å². The van der Waals surface area contributed by atoms with E-state index in [1.807, 2.05) is 45.0 Å². The molecule has 3 nitrogen and oxygen atoms in total. The van der Waals surface area contributed by atoms with E-state index in [0.29, 0.717) is 12.8 Å². The minimum atomic E-state index is -0.568. The molecule has 0 aliphatic rings. The summed E-state index contributed by atoms with van der Waals surface area (Å²) in [6.07, 6.45) is 0.300. The second-order valence-corrected chi connectivity index (χ2v) is 4.53. The van der Waals surface area contributed by atoms with Gasteiger partial charge in [-0.3, -0.25) is 9.59 Å². The zero-order chi connectivity index (χ0) is 12.2. The predicted molar refractivity (Wildman–Crippen MR) is 63.3 cm³/mol. The predicted octanol–water partition coefficient (Wildman–Crippen LogP) is 1.59. The van der Waals surface area contributed by atoms with E-state index in [-0.39, 0.29) is 5.41 Å². The van der Waals surface area contributed by atoms with E-state index in [0.717, 1.165) is 0 Å². The highest BCUT2D eigenvalue weighted by Crippen LogP contribution is 2.25. The molecule has 0 aromatic heterocycles. The highest BCUT2D eigenvalue weighted by molar-refractivity contribution is 6.23. The molecule has 0 bridgehead atoms. The number of hydrogen-bond donors (Lipinski definition) is 1. The number of aldehydes is 1. The summed E-state index contributed by atoms with van der Waals surface area (Å²) in [5, 5.41) is 2.59. The maximum Gasteiger partial charge on any atom is 0.284 e. The second kappa shape index (κ2) is 4.92. The monoisotopic (exact) mass is 219 g/mol. The summed E-state index contributed by atoms with van der Waals surface area (Å²) in [4.78, 5) is 21.1. The molecule has 0 saturated carbocycles. The Kier molecular flexibility index (Phi) is 3.82. The third kappa shape index (κ3) is 2.92. The zero-order valence-corrected chi connectivity index (χ0v) is 9.91. The number of carbonyl (C=O) groups excluding carboxylic acids is 2. The van der Waals surface area contributed by atoms with E-state index in [4.69, 9.17) is 0 Å². The molecule has 1 aromatic rings. The fourth-order valence-electron chi connectivity index (χ4n) is 1.78. The lowest BCUT2D eigenvalue weighted by Crippen LogP contribution is -2.37. The third-order valence-electron chi connectivity index (χ3n) is 2.69. The molecule has 1 amide bonds. The van der Waals surface area contributed by atoms with Gasteiger partial charge in [-0.1, -0.05) is 38.1 Å². The Bertz CT molecular complexity index is 397. The Morgan fingerprint density at radius 2 is 2.00 bits per heavy atom. The van der Waals surface area contributed by atoms with Gasteiger partial charge >= 0.3 is 0 Å². The largest absolute Gasteiger partial charge is 0.349 e. The van der Waals surface area contributed by atoms with Crippen LogP contribution in [-0.4, -0.2) is 18.7 Å². The summed E-state index contributed by atoms with van der Waals surface area (Å²) in [5.41, 5.74) is 2.19. The van der Waals surface area contributed by atoms with Crippen molar-refractivity contribution in [2.45, 2.75) is 26.2 Å². The van der Waals surface area contributed by atoms with E-state index in [2.05, 4.69) is 5.32 Å². The first-order valence-corrected chi connectivity index (χ1v) is 5.26. The first-order chi connectivity index (χ1) is 7.47. The third-order valence-corrected chi connectivity index (χ3v) is 2.69. The van der Waals surface area contributed by atoms with Gasteiger partial charge in [0.1, 0.15) is 0 Å². The van der Waals surface area contributed by atoms with Gasteiger partial charge in [0, 0.05) is 12.0 Å². The van der Waals surface area contributed by atoms with Gasteiger partial charge in [0.05, 0.1) is 0 Å². The fourth-order valence-corrected chi connectivity index (χ4v) is 1.78. The lowest BCUT2D eigenvalue weighted by Gasteiger charge is -2.27. The van der Waals surface area contributed by atoms with Gasteiger partial charge < -0.3 is 5.32 Å². The van der Waals surface area contributed by atoms with Crippen molar-refractivity contribution in [1.29, 1.82) is 0 Å². The van der Waals surface area contributed by atoms with Crippen LogP contribution in [0.25, 0.3) is 0 Å². The van der Waals surface area contributed by atoms with Crippen LogP contribution in [0.15, 0.2) is 24.3 Å². The average Bonchev–Trinajstić information content (AvgIpc) is 2.26. The number of rotatable bonds is 4. The fraction of sp³-hybridized carbons (Fsp3) is 0.385. The molecular weight excluding hydrogens is 202 g/mol. The number of nitrogens with one attached hydrogen (secondary N) is 1. The molecule has 0 saturated heterocycles. The minimum Gasteiger partial charge on any atom is -0.349 e. The maximum absolute atomic E-state index is 10.9. The zero-order valence-electron chi connectivity index (χ0n) is 9.91. The smallest absolute Gasteiger partial charge is 0.284 e. The van der Waals surface area contributed by atoms with Gasteiger partial charge in [-0.15, -0.1) is 0 Å². The molecule has 0 heterocycles. The number of benzene rings is 1. The van der Waals surface area contributed by atoms with Crippen molar-refractivity contribution in [2.75, 3.05) is 6.54 Å². The molecule has 0 fully saturated rings. The molecule has 0 atom stereocenters. The molecule has 0 spiro atoms. The van der Waals surface area contributed by atoms with Crippen LogP contribution in [-0.2, 0) is 15.0 Å². The summed E-state index contributed by atoms with van der Waals surface area (Å²) < 4.78 is 0. The van der Waals surface area contributed by atoms with Crippen molar-refractivity contribution in [3.8, 4) is 0 Å². The minimum absolute atomic E-state index is 0.177. The van der Waals surface area contributed by atoms with Crippen LogP contribution in [0.1, 0.15) is 25.0 Å². The number of carbonyl (C=O) groups is 2. The summed E-state index contributed by atoms with van der Waals surface area (Å²) in [6, 6.07) is 8.05. The van der Waals surface area contributed by atoms with Crippen LogP contribution < -0.4 is 5.32 Å². The Balaban J connectivity index is 2.81. The molecule has 1 N–H and O–H groups in total. The normalized spacial score (nSPS) is 10.9. The van der Waals surface area contributed by atoms with Crippen LogP contribution in [0.5, 0.6) is 0 Å². The Morgan fingerprint density at radius 3 is 2.56 bits per heavy atom. The lowest BCUT2D eigenvalue weighted by atomic mass is 9.82. The van der Waals surface area contributed by atoms with Crippen molar-refractivity contribution in [3.05, 3.63) is 35.4 Å². The van der Waals surface area contributed by atoms with Crippen LogP contribution in [0.4, 0.5) is 0 Å². The molecule has 86 valence electrons. The Morgan fingerprint density at radius 1 is 1.38 bits per heavy atom. The van der Waals surface area contributed by atoms with Crippen molar-refractivity contribution in [2.24, 2.45) is 0 Å². The summed E-state index contributed by atoms with van der Waals surface area (Å²) in [7, 11) is 0. The quantitative estimate of drug-likeness (QED) is 0.617. The van der Waals surface area contributed by atoms with Gasteiger partial charge in [0.2, 0.25) is 6.29 Å². The van der Waals surface area contributed by atoms with E-state index >= 15 is 0 Å². The maximum atomic E-state index is 10.9. The topological polar surface area (TPSA) is 46.2 Å². The van der Waals surface area contributed by atoms with Gasteiger partial charge in [-0.05, 0) is 18.1 Å². The van der Waals surface area contributed by atoms with Crippen LogP contribution in [0, 0.1) is 6.92 Å². The molecule has 3 heteroatoms. The summed E-state index contributed by atoms with van der Waals surface area (Å²) in [5.74, 6) is -0.568. The highest BCUT2D eigenvalue weighted by Gasteiger charge is 2.22.